The summed E-state index contributed by atoms with van der Waals surface area (Å²) in [5, 5.41) is 3.73. The molecule has 150 valence electrons. The smallest absolute Gasteiger partial charge is 0.264 e. The summed E-state index contributed by atoms with van der Waals surface area (Å²) in [6.45, 7) is 8.31. The number of amides is 1. The van der Waals surface area contributed by atoms with Crippen molar-refractivity contribution >= 4 is 46.2 Å². The van der Waals surface area contributed by atoms with Crippen molar-refractivity contribution in [1.82, 2.24) is 5.32 Å². The van der Waals surface area contributed by atoms with Crippen molar-refractivity contribution in [2.75, 3.05) is 13.2 Å². The number of aliphatic imine (C=N–C) groups is 1. The van der Waals surface area contributed by atoms with Crippen LogP contribution in [0.4, 0.5) is 5.69 Å². The van der Waals surface area contributed by atoms with Crippen LogP contribution in [0.5, 0.6) is 11.5 Å². The molecule has 1 aliphatic rings. The van der Waals surface area contributed by atoms with E-state index in [1.165, 1.54) is 11.8 Å². The third-order valence-corrected chi connectivity index (χ3v) is 5.08. The van der Waals surface area contributed by atoms with Gasteiger partial charge in [-0.25, -0.2) is 4.99 Å². The Hall–Kier alpha value is -2.70. The number of nitrogens with one attached hydrogen (secondary N) is 1. The molecule has 0 saturated carbocycles. The zero-order valence-electron chi connectivity index (χ0n) is 16.2. The average Bonchev–Trinajstić information content (AvgIpc) is 3.02. The first kappa shape index (κ1) is 21.0. The van der Waals surface area contributed by atoms with Gasteiger partial charge in [-0.15, -0.1) is 0 Å². The number of thioether (sulfide) groups is 1. The fourth-order valence-corrected chi connectivity index (χ4v) is 3.70. The number of halogens is 1. The first-order chi connectivity index (χ1) is 14.0. The fraction of sp³-hybridized carbons (Fsp3) is 0.182. The van der Waals surface area contributed by atoms with Gasteiger partial charge in [0.15, 0.2) is 16.7 Å². The van der Waals surface area contributed by atoms with Gasteiger partial charge in [0.25, 0.3) is 5.91 Å². The average molecular weight is 429 g/mol. The topological polar surface area (TPSA) is 59.9 Å². The molecule has 0 atom stereocenters. The predicted molar refractivity (Wildman–Crippen MR) is 120 cm³/mol. The largest absolute Gasteiger partial charge is 0.490 e. The maximum atomic E-state index is 12.4. The lowest BCUT2D eigenvalue weighted by atomic mass is 10.2. The summed E-state index contributed by atoms with van der Waals surface area (Å²) in [5.41, 5.74) is 2.67. The van der Waals surface area contributed by atoms with Crippen molar-refractivity contribution in [3.8, 4) is 11.5 Å². The van der Waals surface area contributed by atoms with E-state index in [4.69, 9.17) is 21.1 Å². The van der Waals surface area contributed by atoms with Crippen LogP contribution in [0.1, 0.15) is 18.1 Å². The number of ether oxygens (including phenoxy) is 2. The number of benzene rings is 2. The number of aryl methyl sites for hydroxylation is 1. The lowest BCUT2D eigenvalue weighted by molar-refractivity contribution is -0.115. The summed E-state index contributed by atoms with van der Waals surface area (Å²) < 4.78 is 11.3. The van der Waals surface area contributed by atoms with E-state index in [0.29, 0.717) is 39.8 Å². The summed E-state index contributed by atoms with van der Waals surface area (Å²) in [7, 11) is 0. The van der Waals surface area contributed by atoms with Gasteiger partial charge in [-0.2, -0.15) is 0 Å². The Kier molecular flexibility index (Phi) is 7.01. The number of rotatable bonds is 7. The molecule has 0 unspecified atom stereocenters. The molecule has 3 rings (SSSR count). The minimum Gasteiger partial charge on any atom is -0.490 e. The van der Waals surface area contributed by atoms with Gasteiger partial charge in [0.05, 0.1) is 22.2 Å². The van der Waals surface area contributed by atoms with Crippen LogP contribution in [0.2, 0.25) is 5.02 Å². The van der Waals surface area contributed by atoms with Crippen LogP contribution in [0.25, 0.3) is 6.08 Å². The van der Waals surface area contributed by atoms with Crippen LogP contribution >= 0.6 is 23.4 Å². The number of hydrogen-bond donors (Lipinski definition) is 1. The third-order valence-electron chi connectivity index (χ3n) is 3.89. The van der Waals surface area contributed by atoms with Gasteiger partial charge in [-0.1, -0.05) is 42.0 Å². The van der Waals surface area contributed by atoms with Gasteiger partial charge >= 0.3 is 0 Å². The van der Waals surface area contributed by atoms with Gasteiger partial charge in [-0.3, -0.25) is 4.79 Å². The second-order valence-electron chi connectivity index (χ2n) is 6.18. The molecule has 0 bridgehead atoms. The summed E-state index contributed by atoms with van der Waals surface area (Å²) in [4.78, 5) is 17.4. The maximum Gasteiger partial charge on any atom is 0.264 e. The zero-order valence-corrected chi connectivity index (χ0v) is 17.8. The normalized spacial score (nSPS) is 16.2. The van der Waals surface area contributed by atoms with Gasteiger partial charge in [0.2, 0.25) is 0 Å². The monoisotopic (exact) mass is 428 g/mol. The van der Waals surface area contributed by atoms with E-state index < -0.39 is 0 Å². The van der Waals surface area contributed by atoms with Crippen molar-refractivity contribution in [2.24, 2.45) is 4.99 Å². The number of carbonyl (C=O) groups excluding carboxylic acids is 1. The molecule has 1 heterocycles. The van der Waals surface area contributed by atoms with Gasteiger partial charge < -0.3 is 14.8 Å². The van der Waals surface area contributed by atoms with Crippen LogP contribution in [-0.2, 0) is 4.79 Å². The zero-order chi connectivity index (χ0) is 20.8. The quantitative estimate of drug-likeness (QED) is 0.467. The first-order valence-corrected chi connectivity index (χ1v) is 10.3. The lowest BCUT2D eigenvalue weighted by Gasteiger charge is -2.13. The van der Waals surface area contributed by atoms with Gasteiger partial charge in [-0.05, 0) is 61.5 Å². The van der Waals surface area contributed by atoms with Crippen LogP contribution in [0, 0.1) is 6.92 Å². The molecule has 1 amide bonds. The number of nitrogens with zero attached hydrogens (tertiary/aromatic N) is 1. The minimum absolute atomic E-state index is 0.207. The summed E-state index contributed by atoms with van der Waals surface area (Å²) in [5.74, 6) is 0.772. The summed E-state index contributed by atoms with van der Waals surface area (Å²) in [6, 6.07) is 11.3. The molecule has 29 heavy (non-hydrogen) atoms. The molecule has 1 aliphatic heterocycles. The second-order valence-corrected chi connectivity index (χ2v) is 7.62. The molecule has 2 aromatic rings. The second kappa shape index (κ2) is 9.67. The molecule has 1 saturated heterocycles. The molecule has 5 nitrogen and oxygen atoms in total. The molecule has 0 aromatic heterocycles. The molecular weight excluding hydrogens is 408 g/mol. The van der Waals surface area contributed by atoms with E-state index in [-0.39, 0.29) is 5.91 Å². The Morgan fingerprint density at radius 2 is 2.00 bits per heavy atom. The van der Waals surface area contributed by atoms with E-state index in [9.17, 15) is 4.79 Å². The maximum absolute atomic E-state index is 12.4. The molecule has 0 spiro atoms. The molecule has 0 radical (unpaired) electrons. The van der Waals surface area contributed by atoms with Crippen molar-refractivity contribution < 1.29 is 14.3 Å². The molecule has 7 heteroatoms. The molecular formula is C22H21ClN2O3S. The molecule has 0 aliphatic carbocycles. The third kappa shape index (κ3) is 5.43. The van der Waals surface area contributed by atoms with Crippen LogP contribution in [0.3, 0.4) is 0 Å². The Morgan fingerprint density at radius 3 is 2.69 bits per heavy atom. The Morgan fingerprint density at radius 1 is 1.24 bits per heavy atom. The van der Waals surface area contributed by atoms with Crippen molar-refractivity contribution in [2.45, 2.75) is 13.8 Å². The Bertz CT molecular complexity index is 984. The van der Waals surface area contributed by atoms with Crippen molar-refractivity contribution in [3.05, 3.63) is 70.1 Å². The number of carbonyl (C=O) groups is 1. The summed E-state index contributed by atoms with van der Waals surface area (Å²) in [6.07, 6.45) is 3.39. The van der Waals surface area contributed by atoms with E-state index in [0.717, 1.165) is 16.8 Å². The summed E-state index contributed by atoms with van der Waals surface area (Å²) >= 11 is 7.65. The van der Waals surface area contributed by atoms with Crippen LogP contribution in [-0.4, -0.2) is 24.3 Å². The highest BCUT2D eigenvalue weighted by Crippen LogP contribution is 2.38. The minimum atomic E-state index is -0.207. The fourth-order valence-electron chi connectivity index (χ4n) is 2.58. The predicted octanol–water partition coefficient (Wildman–Crippen LogP) is 5.50. The van der Waals surface area contributed by atoms with E-state index in [2.05, 4.69) is 16.9 Å². The number of hydrogen-bond acceptors (Lipinski definition) is 5. The highest BCUT2D eigenvalue weighted by atomic mass is 35.5. The molecule has 2 aromatic carbocycles. The van der Waals surface area contributed by atoms with E-state index in [1.54, 1.807) is 24.3 Å². The lowest BCUT2D eigenvalue weighted by Crippen LogP contribution is -2.19. The highest BCUT2D eigenvalue weighted by molar-refractivity contribution is 8.18. The molecule has 1 fully saturated rings. The SMILES string of the molecule is C=CCOc1c(Cl)cc(/C=C2\SC(=Nc3ccc(C)cc3)NC2=O)cc1OCC. The van der Waals surface area contributed by atoms with Gasteiger partial charge in [0, 0.05) is 0 Å². The highest BCUT2D eigenvalue weighted by Gasteiger charge is 2.24. The van der Waals surface area contributed by atoms with E-state index >= 15 is 0 Å². The number of amidine groups is 1. The van der Waals surface area contributed by atoms with Crippen LogP contribution in [0.15, 0.2) is 59.0 Å². The standard InChI is InChI=1S/C22H21ClN2O3S/c1-4-10-28-20-17(23)11-15(12-18(20)27-5-2)13-19-21(26)25-22(29-19)24-16-8-6-14(3)7-9-16/h4,6-9,11-13H,1,5,10H2,2-3H3,(H,24,25,26)/b19-13-. The van der Waals surface area contributed by atoms with E-state index in [1.807, 2.05) is 38.1 Å². The van der Waals surface area contributed by atoms with Crippen molar-refractivity contribution in [1.29, 1.82) is 0 Å². The van der Waals surface area contributed by atoms with Gasteiger partial charge in [0.1, 0.15) is 6.61 Å². The molecule has 1 N–H and O–H groups in total. The Balaban J connectivity index is 1.86. The van der Waals surface area contributed by atoms with Crippen molar-refractivity contribution in [3.63, 3.8) is 0 Å². The first-order valence-electron chi connectivity index (χ1n) is 9.06. The Labute approximate surface area is 179 Å². The van der Waals surface area contributed by atoms with Crippen LogP contribution < -0.4 is 14.8 Å².